The van der Waals surface area contributed by atoms with E-state index in [4.69, 9.17) is 0 Å². The summed E-state index contributed by atoms with van der Waals surface area (Å²) in [6.07, 6.45) is -0.110. The van der Waals surface area contributed by atoms with E-state index in [2.05, 4.69) is 9.88 Å². The molecule has 0 saturated carbocycles. The van der Waals surface area contributed by atoms with Crippen molar-refractivity contribution in [3.8, 4) is 0 Å². The molecule has 0 amide bonds. The first-order chi connectivity index (χ1) is 13.6. The second-order valence-electron chi connectivity index (χ2n) is 7.44. The van der Waals surface area contributed by atoms with E-state index in [9.17, 15) is 21.6 Å². The molecule has 158 valence electrons. The van der Waals surface area contributed by atoms with Crippen LogP contribution in [0.1, 0.15) is 41.6 Å². The lowest BCUT2D eigenvalue weighted by Gasteiger charge is -2.32. The number of likely N-dealkylation sites (tertiary alicyclic amines) is 1. The molecular formula is C20H24F3N3O2S. The van der Waals surface area contributed by atoms with E-state index in [0.29, 0.717) is 18.7 Å². The molecule has 9 heteroatoms. The summed E-state index contributed by atoms with van der Waals surface area (Å²) in [7, 11) is -4.00. The summed E-state index contributed by atoms with van der Waals surface area (Å²) >= 11 is 0. The molecule has 3 rings (SSSR count). The molecule has 1 saturated heterocycles. The molecule has 1 aromatic carbocycles. The highest BCUT2D eigenvalue weighted by Gasteiger charge is 2.42. The molecule has 1 aliphatic rings. The van der Waals surface area contributed by atoms with E-state index in [1.54, 1.807) is 23.1 Å². The summed E-state index contributed by atoms with van der Waals surface area (Å²) < 4.78 is 64.1. The van der Waals surface area contributed by atoms with Gasteiger partial charge in [0.05, 0.1) is 6.26 Å². The predicted molar refractivity (Wildman–Crippen MR) is 105 cm³/mol. The fraction of sp³-hybridized carbons (Fsp3) is 0.450. The van der Waals surface area contributed by atoms with Crippen molar-refractivity contribution in [2.45, 2.75) is 37.5 Å². The smallest absolute Gasteiger partial charge is 0.298 e. The van der Waals surface area contributed by atoms with Crippen LogP contribution in [-0.4, -0.2) is 43.8 Å². The zero-order valence-corrected chi connectivity index (χ0v) is 16.9. The van der Waals surface area contributed by atoms with Gasteiger partial charge in [0.1, 0.15) is 6.04 Å². The number of hydrogen-bond donors (Lipinski definition) is 1. The maximum absolute atomic E-state index is 13.3. The number of benzene rings is 1. The molecule has 1 aliphatic heterocycles. The van der Waals surface area contributed by atoms with Gasteiger partial charge in [-0.15, -0.1) is 0 Å². The molecular weight excluding hydrogens is 403 g/mol. The lowest BCUT2D eigenvalue weighted by Crippen LogP contribution is -2.37. The van der Waals surface area contributed by atoms with Gasteiger partial charge in [-0.2, -0.15) is 17.9 Å². The van der Waals surface area contributed by atoms with Crippen LogP contribution in [0.2, 0.25) is 0 Å². The normalized spacial score (nSPS) is 19.8. The van der Waals surface area contributed by atoms with Gasteiger partial charge in [-0.05, 0) is 42.6 Å². The van der Waals surface area contributed by atoms with Crippen LogP contribution < -0.4 is 4.72 Å². The molecule has 0 bridgehead atoms. The number of rotatable bonds is 6. The number of hydrogen-bond acceptors (Lipinski definition) is 4. The largest absolute Gasteiger partial charge is 0.408 e. The van der Waals surface area contributed by atoms with E-state index < -0.39 is 22.2 Å². The Morgan fingerprint density at radius 3 is 2.52 bits per heavy atom. The third kappa shape index (κ3) is 6.25. The maximum Gasteiger partial charge on any atom is 0.408 e. The Morgan fingerprint density at radius 1 is 1.21 bits per heavy atom. The number of pyridine rings is 1. The fourth-order valence-electron chi connectivity index (χ4n) is 3.67. The molecule has 1 fully saturated rings. The molecule has 1 unspecified atom stereocenters. The Morgan fingerprint density at radius 2 is 1.93 bits per heavy atom. The third-order valence-corrected chi connectivity index (χ3v) is 5.65. The number of nitrogens with one attached hydrogen (secondary N) is 1. The first-order valence-corrected chi connectivity index (χ1v) is 11.3. The number of aromatic nitrogens is 1. The van der Waals surface area contributed by atoms with Gasteiger partial charge in [0, 0.05) is 30.9 Å². The van der Waals surface area contributed by atoms with Gasteiger partial charge in [0.2, 0.25) is 10.0 Å². The Balaban J connectivity index is 1.68. The van der Waals surface area contributed by atoms with Gasteiger partial charge < -0.3 is 0 Å². The van der Waals surface area contributed by atoms with Crippen LogP contribution >= 0.6 is 0 Å². The Bertz CT molecular complexity index is 903. The van der Waals surface area contributed by atoms with Crippen molar-refractivity contribution in [1.82, 2.24) is 14.6 Å². The molecule has 2 aromatic rings. The highest BCUT2D eigenvalue weighted by Crippen LogP contribution is 2.33. The van der Waals surface area contributed by atoms with E-state index in [0.717, 1.165) is 37.2 Å². The maximum atomic E-state index is 13.3. The third-order valence-electron chi connectivity index (χ3n) is 4.99. The highest BCUT2D eigenvalue weighted by atomic mass is 32.2. The summed E-state index contributed by atoms with van der Waals surface area (Å²) in [5, 5.41) is 0. The average Bonchev–Trinajstić information content (AvgIpc) is 2.66. The molecule has 0 aliphatic carbocycles. The average molecular weight is 427 g/mol. The zero-order valence-electron chi connectivity index (χ0n) is 16.1. The van der Waals surface area contributed by atoms with Crippen molar-refractivity contribution >= 4 is 10.0 Å². The minimum atomic E-state index is -4.71. The molecule has 2 heterocycles. The van der Waals surface area contributed by atoms with Crippen LogP contribution in [0.25, 0.3) is 0 Å². The summed E-state index contributed by atoms with van der Waals surface area (Å²) in [6.45, 7) is 2.39. The van der Waals surface area contributed by atoms with Gasteiger partial charge >= 0.3 is 6.18 Å². The number of sulfonamides is 1. The summed E-state index contributed by atoms with van der Waals surface area (Å²) in [4.78, 5) is 6.71. The fourth-order valence-corrected chi connectivity index (χ4v) is 4.37. The van der Waals surface area contributed by atoms with Crippen LogP contribution in [-0.2, 0) is 16.6 Å². The summed E-state index contributed by atoms with van der Waals surface area (Å²) in [6, 6.07) is 9.56. The second-order valence-corrected chi connectivity index (χ2v) is 9.22. The minimum absolute atomic E-state index is 0.128. The van der Waals surface area contributed by atoms with Crippen LogP contribution in [0.15, 0.2) is 48.7 Å². The van der Waals surface area contributed by atoms with Crippen molar-refractivity contribution < 1.29 is 21.6 Å². The second kappa shape index (κ2) is 8.81. The van der Waals surface area contributed by atoms with Crippen molar-refractivity contribution in [3.05, 3.63) is 65.5 Å². The van der Waals surface area contributed by atoms with E-state index in [-0.39, 0.29) is 5.56 Å². The lowest BCUT2D eigenvalue weighted by atomic mass is 9.94. The van der Waals surface area contributed by atoms with Gasteiger partial charge in [-0.25, -0.2) is 8.42 Å². The molecule has 0 radical (unpaired) electrons. The molecule has 29 heavy (non-hydrogen) atoms. The molecule has 2 atom stereocenters. The summed E-state index contributed by atoms with van der Waals surface area (Å²) in [5.41, 5.74) is 1.82. The van der Waals surface area contributed by atoms with Gasteiger partial charge in [-0.3, -0.25) is 9.88 Å². The van der Waals surface area contributed by atoms with E-state index >= 15 is 0 Å². The van der Waals surface area contributed by atoms with Gasteiger partial charge in [-0.1, -0.05) is 30.3 Å². The Kier molecular flexibility index (Phi) is 6.60. The number of piperidine rings is 1. The van der Waals surface area contributed by atoms with Crippen LogP contribution in [0.3, 0.4) is 0 Å². The molecule has 0 spiro atoms. The Hall–Kier alpha value is -1.97. The van der Waals surface area contributed by atoms with Crippen LogP contribution in [0.4, 0.5) is 13.2 Å². The number of nitrogens with zero attached hydrogens (tertiary/aromatic N) is 2. The molecule has 1 N–H and O–H groups in total. The highest BCUT2D eigenvalue weighted by molar-refractivity contribution is 7.88. The number of alkyl halides is 3. The van der Waals surface area contributed by atoms with E-state index in [1.807, 2.05) is 18.2 Å². The number of halogens is 3. The zero-order chi connectivity index (χ0) is 21.1. The van der Waals surface area contributed by atoms with Crippen molar-refractivity contribution in [2.24, 2.45) is 0 Å². The Labute approximate surface area is 169 Å². The van der Waals surface area contributed by atoms with Crippen molar-refractivity contribution in [1.29, 1.82) is 0 Å². The first-order valence-electron chi connectivity index (χ1n) is 9.38. The van der Waals surface area contributed by atoms with Gasteiger partial charge in [0.15, 0.2) is 0 Å². The van der Waals surface area contributed by atoms with E-state index in [1.165, 1.54) is 12.1 Å². The minimum Gasteiger partial charge on any atom is -0.298 e. The van der Waals surface area contributed by atoms with Crippen LogP contribution in [0.5, 0.6) is 0 Å². The molecule has 1 aromatic heterocycles. The van der Waals surface area contributed by atoms with Crippen molar-refractivity contribution in [2.75, 3.05) is 19.3 Å². The standard InChI is InChI=1S/C20H24F3N3O2S/c1-29(27,28)25-19(20(21,22)23)16-9-7-15(8-10-16)13-26-12-4-5-17(14-26)18-6-2-3-11-24-18/h2-3,6-11,17,19,25H,4-5,12-14H2,1H3/t17?,19-/m0/s1. The van der Waals surface area contributed by atoms with Crippen LogP contribution in [0, 0.1) is 0 Å². The lowest BCUT2D eigenvalue weighted by molar-refractivity contribution is -0.153. The van der Waals surface area contributed by atoms with Gasteiger partial charge in [0.25, 0.3) is 0 Å². The monoisotopic (exact) mass is 427 g/mol. The molecule has 5 nitrogen and oxygen atoms in total. The summed E-state index contributed by atoms with van der Waals surface area (Å²) in [5.74, 6) is 0.345. The van der Waals surface area contributed by atoms with Crippen molar-refractivity contribution in [3.63, 3.8) is 0 Å². The quantitative estimate of drug-likeness (QED) is 0.765. The predicted octanol–water partition coefficient (Wildman–Crippen LogP) is 3.61. The SMILES string of the molecule is CS(=O)(=O)N[C@@H](c1ccc(CN2CCCC(c3ccccn3)C2)cc1)C(F)(F)F. The first kappa shape index (κ1) is 21.7. The topological polar surface area (TPSA) is 62.3 Å².